The van der Waals surface area contributed by atoms with Crippen LogP contribution in [0.25, 0.3) is 0 Å². The van der Waals surface area contributed by atoms with Gasteiger partial charge in [0.25, 0.3) is 15.9 Å². The monoisotopic (exact) mass is 468 g/mol. The maximum absolute atomic E-state index is 12.8. The first-order valence-corrected chi connectivity index (χ1v) is 10.9. The Kier molecular flexibility index (Phi) is 6.39. The lowest BCUT2D eigenvalue weighted by molar-refractivity contribution is 0.102. The van der Waals surface area contributed by atoms with Crippen LogP contribution in [0.2, 0.25) is 15.1 Å². The van der Waals surface area contributed by atoms with E-state index in [2.05, 4.69) is 10.0 Å². The van der Waals surface area contributed by atoms with Gasteiger partial charge in [0, 0.05) is 5.56 Å². The molecule has 0 spiro atoms. The maximum atomic E-state index is 12.8. The molecule has 0 aliphatic rings. The molecule has 3 aromatic carbocycles. The van der Waals surface area contributed by atoms with Crippen molar-refractivity contribution in [1.29, 1.82) is 0 Å². The largest absolute Gasteiger partial charge is 0.319 e. The second-order valence-corrected chi connectivity index (χ2v) is 8.99. The lowest BCUT2D eigenvalue weighted by Crippen LogP contribution is -2.17. The first kappa shape index (κ1) is 21.5. The molecule has 3 rings (SSSR count). The number of halogens is 3. The molecule has 0 aromatic heterocycles. The Bertz CT molecular complexity index is 1180. The second-order valence-electron chi connectivity index (χ2n) is 6.12. The molecule has 29 heavy (non-hydrogen) atoms. The molecule has 1 amide bonds. The summed E-state index contributed by atoms with van der Waals surface area (Å²) >= 11 is 18.2. The minimum Gasteiger partial charge on any atom is -0.319 e. The Morgan fingerprint density at radius 3 is 2.17 bits per heavy atom. The molecule has 0 aliphatic carbocycles. The van der Waals surface area contributed by atoms with E-state index < -0.39 is 15.9 Å². The number of carbonyl (C=O) groups is 1. The van der Waals surface area contributed by atoms with Crippen LogP contribution in [0.4, 0.5) is 11.4 Å². The van der Waals surface area contributed by atoms with Gasteiger partial charge in [-0.3, -0.25) is 9.52 Å². The first-order chi connectivity index (χ1) is 13.7. The SMILES string of the molecule is Cc1ccccc1NS(=O)(=O)c1cc(C(=O)Nc2c(Cl)cccc2Cl)ccc1Cl. The number of carbonyl (C=O) groups excluding carboxylic acids is 1. The Labute approximate surface area is 183 Å². The molecule has 0 fully saturated rings. The third-order valence-electron chi connectivity index (χ3n) is 4.07. The molecule has 0 unspecified atom stereocenters. The maximum Gasteiger partial charge on any atom is 0.263 e. The number of hydrogen-bond donors (Lipinski definition) is 2. The van der Waals surface area contributed by atoms with Crippen molar-refractivity contribution in [3.8, 4) is 0 Å². The minimum absolute atomic E-state index is 0.0154. The summed E-state index contributed by atoms with van der Waals surface area (Å²) in [7, 11) is -4.03. The van der Waals surface area contributed by atoms with Gasteiger partial charge in [0.1, 0.15) is 4.90 Å². The van der Waals surface area contributed by atoms with Crippen LogP contribution in [0.15, 0.2) is 65.6 Å². The number of anilines is 2. The van der Waals surface area contributed by atoms with E-state index in [9.17, 15) is 13.2 Å². The minimum atomic E-state index is -4.03. The number of rotatable bonds is 5. The first-order valence-electron chi connectivity index (χ1n) is 8.32. The van der Waals surface area contributed by atoms with Crippen LogP contribution in [0.1, 0.15) is 15.9 Å². The van der Waals surface area contributed by atoms with Crippen molar-refractivity contribution in [3.05, 3.63) is 86.9 Å². The van der Waals surface area contributed by atoms with Crippen LogP contribution in [0.5, 0.6) is 0 Å². The Morgan fingerprint density at radius 2 is 1.52 bits per heavy atom. The topological polar surface area (TPSA) is 75.3 Å². The van der Waals surface area contributed by atoms with E-state index in [1.807, 2.05) is 0 Å². The predicted octanol–water partition coefficient (Wildman–Crippen LogP) is 6.01. The van der Waals surface area contributed by atoms with Crippen LogP contribution in [0.3, 0.4) is 0 Å². The fourth-order valence-corrected chi connectivity index (χ4v) is 4.69. The van der Waals surface area contributed by atoms with E-state index >= 15 is 0 Å². The van der Waals surface area contributed by atoms with Crippen LogP contribution < -0.4 is 10.0 Å². The van der Waals surface area contributed by atoms with Gasteiger partial charge in [0.15, 0.2) is 0 Å². The van der Waals surface area contributed by atoms with E-state index in [0.717, 1.165) is 5.56 Å². The average Bonchev–Trinajstić information content (AvgIpc) is 2.66. The summed E-state index contributed by atoms with van der Waals surface area (Å²) in [5.74, 6) is -0.580. The van der Waals surface area contributed by atoms with Crippen LogP contribution in [0, 0.1) is 6.92 Å². The van der Waals surface area contributed by atoms with Crippen molar-refractivity contribution in [3.63, 3.8) is 0 Å². The molecule has 0 atom stereocenters. The number of amides is 1. The smallest absolute Gasteiger partial charge is 0.263 e. The van der Waals surface area contributed by atoms with Gasteiger partial charge >= 0.3 is 0 Å². The zero-order valence-corrected chi connectivity index (χ0v) is 18.1. The van der Waals surface area contributed by atoms with Crippen molar-refractivity contribution in [2.24, 2.45) is 0 Å². The lowest BCUT2D eigenvalue weighted by Gasteiger charge is -2.13. The van der Waals surface area contributed by atoms with E-state index in [-0.39, 0.29) is 31.2 Å². The van der Waals surface area contributed by atoms with Gasteiger partial charge in [-0.1, -0.05) is 59.1 Å². The third kappa shape index (κ3) is 4.85. The normalized spacial score (nSPS) is 11.2. The number of hydrogen-bond acceptors (Lipinski definition) is 3. The predicted molar refractivity (Wildman–Crippen MR) is 118 cm³/mol. The summed E-state index contributed by atoms with van der Waals surface area (Å²) in [5, 5.41) is 3.09. The highest BCUT2D eigenvalue weighted by atomic mass is 35.5. The van der Waals surface area contributed by atoms with Crippen LogP contribution >= 0.6 is 34.8 Å². The van der Waals surface area contributed by atoms with Gasteiger partial charge in [-0.25, -0.2) is 8.42 Å². The van der Waals surface area contributed by atoms with Gasteiger partial charge in [-0.05, 0) is 48.9 Å². The Morgan fingerprint density at radius 1 is 0.862 bits per heavy atom. The number of benzene rings is 3. The van der Waals surface area contributed by atoms with E-state index in [4.69, 9.17) is 34.8 Å². The summed E-state index contributed by atoms with van der Waals surface area (Å²) in [4.78, 5) is 12.4. The zero-order chi connectivity index (χ0) is 21.2. The van der Waals surface area contributed by atoms with Gasteiger partial charge in [-0.15, -0.1) is 0 Å². The highest BCUT2D eigenvalue weighted by molar-refractivity contribution is 7.92. The fraction of sp³-hybridized carbons (Fsp3) is 0.0500. The van der Waals surface area contributed by atoms with E-state index in [0.29, 0.717) is 5.69 Å². The number of nitrogens with one attached hydrogen (secondary N) is 2. The fourth-order valence-electron chi connectivity index (χ4n) is 2.54. The van der Waals surface area contributed by atoms with Crippen molar-refractivity contribution in [2.45, 2.75) is 11.8 Å². The molecule has 0 heterocycles. The van der Waals surface area contributed by atoms with Gasteiger partial charge < -0.3 is 5.32 Å². The molecule has 0 saturated heterocycles. The number of sulfonamides is 1. The van der Waals surface area contributed by atoms with E-state index in [1.54, 1.807) is 49.4 Å². The average molecular weight is 470 g/mol. The zero-order valence-electron chi connectivity index (χ0n) is 15.0. The molecule has 0 bridgehead atoms. The summed E-state index contributed by atoms with van der Waals surface area (Å²) < 4.78 is 28.2. The molecular weight excluding hydrogens is 455 g/mol. The molecule has 0 radical (unpaired) electrons. The summed E-state index contributed by atoms with van der Waals surface area (Å²) in [6.45, 7) is 1.77. The van der Waals surface area contributed by atoms with Crippen molar-refractivity contribution in [2.75, 3.05) is 10.0 Å². The van der Waals surface area contributed by atoms with Gasteiger partial charge in [-0.2, -0.15) is 0 Å². The molecule has 0 saturated carbocycles. The summed E-state index contributed by atoms with van der Waals surface area (Å²) in [6.07, 6.45) is 0. The van der Waals surface area contributed by atoms with Gasteiger partial charge in [0.2, 0.25) is 0 Å². The molecule has 0 aliphatic heterocycles. The highest BCUT2D eigenvalue weighted by Gasteiger charge is 2.21. The summed E-state index contributed by atoms with van der Waals surface area (Å²) in [6, 6.07) is 15.7. The molecule has 150 valence electrons. The Hall–Kier alpha value is -2.25. The van der Waals surface area contributed by atoms with Crippen LogP contribution in [-0.4, -0.2) is 14.3 Å². The Balaban J connectivity index is 1.93. The lowest BCUT2D eigenvalue weighted by atomic mass is 10.2. The molecule has 2 N–H and O–H groups in total. The van der Waals surface area contributed by atoms with E-state index in [1.165, 1.54) is 18.2 Å². The number of para-hydroxylation sites is 2. The molecule has 5 nitrogen and oxygen atoms in total. The highest BCUT2D eigenvalue weighted by Crippen LogP contribution is 2.31. The quantitative estimate of drug-likeness (QED) is 0.480. The third-order valence-corrected chi connectivity index (χ3v) is 6.55. The molecule has 3 aromatic rings. The van der Waals surface area contributed by atoms with Crippen molar-refractivity contribution >= 4 is 62.1 Å². The van der Waals surface area contributed by atoms with Crippen molar-refractivity contribution < 1.29 is 13.2 Å². The summed E-state index contributed by atoms with van der Waals surface area (Å²) in [5.41, 5.74) is 1.48. The van der Waals surface area contributed by atoms with Crippen molar-refractivity contribution in [1.82, 2.24) is 0 Å². The van der Waals surface area contributed by atoms with Gasteiger partial charge in [0.05, 0.1) is 26.4 Å². The number of aryl methyl sites for hydroxylation is 1. The second kappa shape index (κ2) is 8.63. The molecule has 9 heteroatoms. The van der Waals surface area contributed by atoms with Crippen LogP contribution in [-0.2, 0) is 10.0 Å². The standard InChI is InChI=1S/C20H15Cl3N2O3S/c1-12-5-2-3-8-17(12)25-29(27,28)18-11-13(9-10-14(18)21)20(26)24-19-15(22)6-4-7-16(19)23/h2-11,25H,1H3,(H,24,26). The molecular formula is C20H15Cl3N2O3S.